The third kappa shape index (κ3) is 0.917. The smallest absolute Gasteiger partial charge is 0.101 e. The maximum atomic E-state index is 8.66. The molecule has 1 aromatic carbocycles. The van der Waals surface area contributed by atoms with Crippen LogP contribution in [0.25, 0.3) is 10.2 Å². The molecule has 0 fully saturated rings. The van der Waals surface area contributed by atoms with Gasteiger partial charge in [0.25, 0.3) is 0 Å². The van der Waals surface area contributed by atoms with Crippen molar-refractivity contribution in [1.29, 1.82) is 5.26 Å². The molecule has 0 atom stereocenters. The van der Waals surface area contributed by atoms with Gasteiger partial charge in [0.05, 0.1) is 27.0 Å². The highest BCUT2D eigenvalue weighted by atomic mass is 32.1. The van der Waals surface area contributed by atoms with E-state index in [0.29, 0.717) is 11.3 Å². The van der Waals surface area contributed by atoms with E-state index in [1.54, 1.807) is 17.6 Å². The van der Waals surface area contributed by atoms with Crippen LogP contribution in [0.2, 0.25) is 0 Å². The average molecular weight is 175 g/mol. The fraction of sp³-hybridized carbons (Fsp3) is 0. The number of hydrogen-bond donors (Lipinski definition) is 1. The molecule has 12 heavy (non-hydrogen) atoms. The molecule has 3 nitrogen and oxygen atoms in total. The standard InChI is InChI=1S/C8H5N3S/c9-3-5-1-7-8(2-6(5)10)12-4-11-7/h1-2,4H,10H2. The predicted octanol–water partition coefficient (Wildman–Crippen LogP) is 1.75. The summed E-state index contributed by atoms with van der Waals surface area (Å²) in [6.07, 6.45) is 0. The highest BCUT2D eigenvalue weighted by molar-refractivity contribution is 7.16. The average Bonchev–Trinajstić information content (AvgIpc) is 2.49. The number of nitrogen functional groups attached to an aromatic ring is 1. The molecular formula is C8H5N3S. The number of fused-ring (bicyclic) bond motifs is 1. The molecule has 0 saturated carbocycles. The Bertz CT molecular complexity index is 467. The molecule has 0 aliphatic heterocycles. The van der Waals surface area contributed by atoms with E-state index in [1.165, 1.54) is 11.3 Å². The number of anilines is 1. The van der Waals surface area contributed by atoms with Gasteiger partial charge in [-0.15, -0.1) is 11.3 Å². The van der Waals surface area contributed by atoms with E-state index in [2.05, 4.69) is 4.98 Å². The van der Waals surface area contributed by atoms with Crippen LogP contribution >= 0.6 is 11.3 Å². The molecule has 0 aliphatic rings. The first-order valence-corrected chi connectivity index (χ1v) is 4.22. The predicted molar refractivity (Wildman–Crippen MR) is 48.7 cm³/mol. The van der Waals surface area contributed by atoms with Crippen molar-refractivity contribution < 1.29 is 0 Å². The van der Waals surface area contributed by atoms with Crippen molar-refractivity contribution in [3.63, 3.8) is 0 Å². The minimum atomic E-state index is 0.494. The summed E-state index contributed by atoms with van der Waals surface area (Å²) in [6.45, 7) is 0. The van der Waals surface area contributed by atoms with Crippen LogP contribution < -0.4 is 5.73 Å². The van der Waals surface area contributed by atoms with Gasteiger partial charge in [-0.25, -0.2) is 4.98 Å². The van der Waals surface area contributed by atoms with Gasteiger partial charge < -0.3 is 5.73 Å². The lowest BCUT2D eigenvalue weighted by atomic mass is 10.2. The topological polar surface area (TPSA) is 62.7 Å². The molecular weight excluding hydrogens is 170 g/mol. The lowest BCUT2D eigenvalue weighted by Crippen LogP contribution is -1.88. The largest absolute Gasteiger partial charge is 0.398 e. The van der Waals surface area contributed by atoms with E-state index in [-0.39, 0.29) is 0 Å². The van der Waals surface area contributed by atoms with Crippen LogP contribution in [0.1, 0.15) is 5.56 Å². The van der Waals surface area contributed by atoms with E-state index in [1.807, 2.05) is 6.07 Å². The molecule has 58 valence electrons. The number of nitriles is 1. The Kier molecular flexibility index (Phi) is 1.45. The molecule has 4 heteroatoms. The van der Waals surface area contributed by atoms with Crippen molar-refractivity contribution in [2.75, 3.05) is 5.73 Å². The maximum Gasteiger partial charge on any atom is 0.101 e. The molecule has 0 bridgehead atoms. The number of nitrogens with two attached hydrogens (primary N) is 1. The summed E-state index contributed by atoms with van der Waals surface area (Å²) >= 11 is 1.52. The molecule has 2 rings (SSSR count). The first-order chi connectivity index (χ1) is 5.81. The number of hydrogen-bond acceptors (Lipinski definition) is 4. The quantitative estimate of drug-likeness (QED) is 0.620. The van der Waals surface area contributed by atoms with Crippen LogP contribution in [0.4, 0.5) is 5.69 Å². The van der Waals surface area contributed by atoms with Crippen LogP contribution in [-0.4, -0.2) is 4.98 Å². The summed E-state index contributed by atoms with van der Waals surface area (Å²) in [6, 6.07) is 5.51. The minimum absolute atomic E-state index is 0.494. The van der Waals surface area contributed by atoms with Crippen molar-refractivity contribution in [1.82, 2.24) is 4.98 Å². The molecule has 1 aromatic heterocycles. The van der Waals surface area contributed by atoms with E-state index < -0.39 is 0 Å². The summed E-state index contributed by atoms with van der Waals surface area (Å²) in [4.78, 5) is 4.08. The number of aromatic nitrogens is 1. The maximum absolute atomic E-state index is 8.66. The van der Waals surface area contributed by atoms with Crippen LogP contribution in [0.15, 0.2) is 17.6 Å². The first kappa shape index (κ1) is 7.07. The summed E-state index contributed by atoms with van der Waals surface area (Å²) in [5.41, 5.74) is 9.21. The monoisotopic (exact) mass is 175 g/mol. The molecule has 0 aliphatic carbocycles. The minimum Gasteiger partial charge on any atom is -0.398 e. The lowest BCUT2D eigenvalue weighted by Gasteiger charge is -1.94. The zero-order valence-electron chi connectivity index (χ0n) is 6.11. The Labute approximate surface area is 73.1 Å². The van der Waals surface area contributed by atoms with Gasteiger partial charge in [-0.05, 0) is 12.1 Å². The Morgan fingerprint density at radius 3 is 3.08 bits per heavy atom. The van der Waals surface area contributed by atoms with E-state index in [4.69, 9.17) is 11.0 Å². The van der Waals surface area contributed by atoms with Crippen molar-refractivity contribution in [3.05, 3.63) is 23.2 Å². The van der Waals surface area contributed by atoms with Crippen molar-refractivity contribution in [2.45, 2.75) is 0 Å². The van der Waals surface area contributed by atoms with E-state index in [0.717, 1.165) is 10.2 Å². The van der Waals surface area contributed by atoms with Crippen LogP contribution in [0.5, 0.6) is 0 Å². The van der Waals surface area contributed by atoms with Gasteiger partial charge >= 0.3 is 0 Å². The third-order valence-electron chi connectivity index (χ3n) is 1.62. The Balaban J connectivity index is 2.84. The number of benzene rings is 1. The van der Waals surface area contributed by atoms with E-state index >= 15 is 0 Å². The molecule has 0 amide bonds. The highest BCUT2D eigenvalue weighted by Crippen LogP contribution is 2.23. The van der Waals surface area contributed by atoms with Crippen molar-refractivity contribution >= 4 is 27.2 Å². The van der Waals surface area contributed by atoms with E-state index in [9.17, 15) is 0 Å². The summed E-state index contributed by atoms with van der Waals surface area (Å²) < 4.78 is 1.02. The SMILES string of the molecule is N#Cc1cc2ncsc2cc1N. The number of thiazole rings is 1. The second kappa shape index (κ2) is 2.47. The van der Waals surface area contributed by atoms with Gasteiger partial charge in [0, 0.05) is 0 Å². The van der Waals surface area contributed by atoms with Crippen molar-refractivity contribution in [2.24, 2.45) is 0 Å². The van der Waals surface area contributed by atoms with Gasteiger partial charge in [-0.2, -0.15) is 5.26 Å². The summed E-state index contributed by atoms with van der Waals surface area (Å²) in [5.74, 6) is 0. The molecule has 0 unspecified atom stereocenters. The number of nitrogens with zero attached hydrogens (tertiary/aromatic N) is 2. The Morgan fingerprint density at radius 1 is 1.50 bits per heavy atom. The molecule has 2 aromatic rings. The third-order valence-corrected chi connectivity index (χ3v) is 2.41. The van der Waals surface area contributed by atoms with Gasteiger partial charge in [0.1, 0.15) is 6.07 Å². The van der Waals surface area contributed by atoms with Crippen LogP contribution in [0, 0.1) is 11.3 Å². The fourth-order valence-electron chi connectivity index (χ4n) is 1.02. The van der Waals surface area contributed by atoms with Crippen molar-refractivity contribution in [3.8, 4) is 6.07 Å². The summed E-state index contributed by atoms with van der Waals surface area (Å²) in [7, 11) is 0. The second-order valence-corrected chi connectivity index (χ2v) is 3.26. The van der Waals surface area contributed by atoms with Crippen LogP contribution in [0.3, 0.4) is 0 Å². The first-order valence-electron chi connectivity index (χ1n) is 3.34. The van der Waals surface area contributed by atoms with Gasteiger partial charge in [-0.1, -0.05) is 0 Å². The molecule has 0 spiro atoms. The number of rotatable bonds is 0. The zero-order chi connectivity index (χ0) is 8.55. The normalized spacial score (nSPS) is 9.92. The Hall–Kier alpha value is -1.60. The molecule has 2 N–H and O–H groups in total. The zero-order valence-corrected chi connectivity index (χ0v) is 6.93. The van der Waals surface area contributed by atoms with Gasteiger partial charge in [0.15, 0.2) is 0 Å². The van der Waals surface area contributed by atoms with Crippen LogP contribution in [-0.2, 0) is 0 Å². The lowest BCUT2D eigenvalue weighted by molar-refractivity contribution is 1.46. The van der Waals surface area contributed by atoms with Gasteiger partial charge in [0.2, 0.25) is 0 Å². The highest BCUT2D eigenvalue weighted by Gasteiger charge is 2.02. The molecule has 0 radical (unpaired) electrons. The Morgan fingerprint density at radius 2 is 2.33 bits per heavy atom. The molecule has 0 saturated heterocycles. The summed E-state index contributed by atoms with van der Waals surface area (Å²) in [5, 5.41) is 8.66. The molecule has 1 heterocycles. The second-order valence-electron chi connectivity index (χ2n) is 2.37. The fourth-order valence-corrected chi connectivity index (χ4v) is 1.72. The van der Waals surface area contributed by atoms with Gasteiger partial charge in [-0.3, -0.25) is 0 Å².